The van der Waals surface area contributed by atoms with Gasteiger partial charge < -0.3 is 10.2 Å². The maximum atomic E-state index is 5.24. The first-order valence-corrected chi connectivity index (χ1v) is 6.01. The minimum atomic E-state index is 0.931. The lowest BCUT2D eigenvalue weighted by molar-refractivity contribution is 0.443. The zero-order valence-electron chi connectivity index (χ0n) is 7.51. The normalized spacial score (nSPS) is 18.6. The fraction of sp³-hybridized carbons (Fsp3) is 0.875. The van der Waals surface area contributed by atoms with E-state index in [1.165, 1.54) is 17.9 Å². The van der Waals surface area contributed by atoms with Crippen LogP contribution in [0.15, 0.2) is 0 Å². The van der Waals surface area contributed by atoms with Crippen LogP contribution in [0.2, 0.25) is 0 Å². The lowest BCUT2D eigenvalue weighted by Gasteiger charge is -2.22. The SMILES string of the molecule is CCNC(=S)N1CCCSCC1. The Morgan fingerprint density at radius 1 is 1.50 bits per heavy atom. The molecule has 2 nitrogen and oxygen atoms in total. The van der Waals surface area contributed by atoms with E-state index in [0.717, 1.165) is 24.7 Å². The van der Waals surface area contributed by atoms with Gasteiger partial charge in [0, 0.05) is 25.4 Å². The van der Waals surface area contributed by atoms with Crippen molar-refractivity contribution in [2.24, 2.45) is 0 Å². The van der Waals surface area contributed by atoms with Crippen LogP contribution in [-0.2, 0) is 0 Å². The maximum Gasteiger partial charge on any atom is 0.168 e. The van der Waals surface area contributed by atoms with Gasteiger partial charge in [-0.1, -0.05) is 0 Å². The summed E-state index contributed by atoms with van der Waals surface area (Å²) in [4.78, 5) is 2.28. The molecule has 0 radical (unpaired) electrons. The molecule has 0 saturated carbocycles. The summed E-state index contributed by atoms with van der Waals surface area (Å²) in [5, 5.41) is 4.12. The van der Waals surface area contributed by atoms with Gasteiger partial charge in [0.2, 0.25) is 0 Å². The van der Waals surface area contributed by atoms with Crippen molar-refractivity contribution in [2.75, 3.05) is 31.1 Å². The molecule has 0 aromatic heterocycles. The molecule has 0 aromatic rings. The quantitative estimate of drug-likeness (QED) is 0.648. The molecule has 0 bridgehead atoms. The minimum Gasteiger partial charge on any atom is -0.363 e. The predicted octanol–water partition coefficient (Wildman–Crippen LogP) is 1.32. The first-order chi connectivity index (χ1) is 5.84. The summed E-state index contributed by atoms with van der Waals surface area (Å²) in [7, 11) is 0. The highest BCUT2D eigenvalue weighted by molar-refractivity contribution is 7.99. The molecule has 0 spiro atoms. The molecule has 70 valence electrons. The fourth-order valence-corrected chi connectivity index (χ4v) is 2.43. The Hall–Kier alpha value is 0.0400. The van der Waals surface area contributed by atoms with Crippen LogP contribution < -0.4 is 5.32 Å². The molecule has 0 atom stereocenters. The second-order valence-electron chi connectivity index (χ2n) is 2.79. The van der Waals surface area contributed by atoms with E-state index in [-0.39, 0.29) is 0 Å². The molecule has 4 heteroatoms. The molecule has 0 amide bonds. The summed E-state index contributed by atoms with van der Waals surface area (Å²) < 4.78 is 0. The van der Waals surface area contributed by atoms with Crippen LogP contribution >= 0.6 is 24.0 Å². The standard InChI is InChI=1S/C8H16N2S2/c1-2-9-8(11)10-4-3-6-12-7-5-10/h2-7H2,1H3,(H,9,11). The van der Waals surface area contributed by atoms with E-state index in [1.54, 1.807) is 0 Å². The molecule has 0 unspecified atom stereocenters. The van der Waals surface area contributed by atoms with Gasteiger partial charge >= 0.3 is 0 Å². The van der Waals surface area contributed by atoms with Gasteiger partial charge in [0.25, 0.3) is 0 Å². The Bertz CT molecular complexity index is 142. The van der Waals surface area contributed by atoms with E-state index < -0.39 is 0 Å². The summed E-state index contributed by atoms with van der Waals surface area (Å²) in [6, 6.07) is 0. The topological polar surface area (TPSA) is 15.3 Å². The molecule has 1 N–H and O–H groups in total. The maximum absolute atomic E-state index is 5.24. The van der Waals surface area contributed by atoms with Gasteiger partial charge in [-0.15, -0.1) is 0 Å². The highest BCUT2D eigenvalue weighted by atomic mass is 32.2. The van der Waals surface area contributed by atoms with Crippen molar-refractivity contribution in [1.29, 1.82) is 0 Å². The van der Waals surface area contributed by atoms with Gasteiger partial charge in [-0.2, -0.15) is 11.8 Å². The van der Waals surface area contributed by atoms with Crippen LogP contribution in [0.1, 0.15) is 13.3 Å². The molecular weight excluding hydrogens is 188 g/mol. The number of hydrogen-bond acceptors (Lipinski definition) is 2. The van der Waals surface area contributed by atoms with E-state index in [4.69, 9.17) is 12.2 Å². The number of nitrogens with one attached hydrogen (secondary N) is 1. The van der Waals surface area contributed by atoms with Crippen molar-refractivity contribution in [2.45, 2.75) is 13.3 Å². The van der Waals surface area contributed by atoms with Crippen LogP contribution in [0.5, 0.6) is 0 Å². The molecular formula is C8H16N2S2. The van der Waals surface area contributed by atoms with Crippen molar-refractivity contribution in [3.05, 3.63) is 0 Å². The predicted molar refractivity (Wildman–Crippen MR) is 59.8 cm³/mol. The first kappa shape index (κ1) is 10.1. The lowest BCUT2D eigenvalue weighted by Crippen LogP contribution is -2.40. The van der Waals surface area contributed by atoms with E-state index in [1.807, 2.05) is 11.8 Å². The molecule has 0 aliphatic carbocycles. The van der Waals surface area contributed by atoms with E-state index in [2.05, 4.69) is 17.1 Å². The molecule has 1 aliphatic rings. The monoisotopic (exact) mass is 204 g/mol. The first-order valence-electron chi connectivity index (χ1n) is 4.45. The summed E-state index contributed by atoms with van der Waals surface area (Å²) >= 11 is 7.26. The summed E-state index contributed by atoms with van der Waals surface area (Å²) in [6.45, 7) is 5.25. The average Bonchev–Trinajstić information content (AvgIpc) is 2.32. The second-order valence-corrected chi connectivity index (χ2v) is 4.40. The van der Waals surface area contributed by atoms with Gasteiger partial charge in [0.15, 0.2) is 5.11 Å². The average molecular weight is 204 g/mol. The van der Waals surface area contributed by atoms with Crippen LogP contribution in [-0.4, -0.2) is 41.2 Å². The third-order valence-electron chi connectivity index (χ3n) is 1.84. The third kappa shape index (κ3) is 3.19. The molecule has 1 saturated heterocycles. The number of nitrogens with zero attached hydrogens (tertiary/aromatic N) is 1. The van der Waals surface area contributed by atoms with Gasteiger partial charge in [0.1, 0.15) is 0 Å². The lowest BCUT2D eigenvalue weighted by atomic mass is 10.4. The summed E-state index contributed by atoms with van der Waals surface area (Å²) in [6.07, 6.45) is 1.26. The van der Waals surface area contributed by atoms with Crippen molar-refractivity contribution >= 4 is 29.1 Å². The van der Waals surface area contributed by atoms with Crippen LogP contribution in [0.4, 0.5) is 0 Å². The largest absolute Gasteiger partial charge is 0.363 e. The number of thioether (sulfide) groups is 1. The number of hydrogen-bond donors (Lipinski definition) is 1. The highest BCUT2D eigenvalue weighted by Crippen LogP contribution is 2.09. The third-order valence-corrected chi connectivity index (χ3v) is 3.29. The van der Waals surface area contributed by atoms with Gasteiger partial charge in [-0.05, 0) is 31.3 Å². The molecule has 12 heavy (non-hydrogen) atoms. The van der Waals surface area contributed by atoms with Crippen LogP contribution in [0, 0.1) is 0 Å². The van der Waals surface area contributed by atoms with Crippen LogP contribution in [0.3, 0.4) is 0 Å². The highest BCUT2D eigenvalue weighted by Gasteiger charge is 2.10. The Labute approximate surface area is 84.1 Å². The Kier molecular flexibility index (Phi) is 4.76. The summed E-state index contributed by atoms with van der Waals surface area (Å²) in [5.74, 6) is 2.50. The van der Waals surface area contributed by atoms with E-state index >= 15 is 0 Å². The zero-order valence-corrected chi connectivity index (χ0v) is 9.14. The smallest absolute Gasteiger partial charge is 0.168 e. The minimum absolute atomic E-state index is 0.931. The van der Waals surface area contributed by atoms with Crippen LogP contribution in [0.25, 0.3) is 0 Å². The van der Waals surface area contributed by atoms with Crippen molar-refractivity contribution in [3.8, 4) is 0 Å². The summed E-state index contributed by atoms with van der Waals surface area (Å²) in [5.41, 5.74) is 0. The molecule has 1 aliphatic heterocycles. The second kappa shape index (κ2) is 5.65. The molecule has 1 rings (SSSR count). The van der Waals surface area contributed by atoms with E-state index in [0.29, 0.717) is 0 Å². The van der Waals surface area contributed by atoms with Gasteiger partial charge in [0.05, 0.1) is 0 Å². The number of thiocarbonyl (C=S) groups is 1. The zero-order chi connectivity index (χ0) is 8.81. The van der Waals surface area contributed by atoms with E-state index in [9.17, 15) is 0 Å². The van der Waals surface area contributed by atoms with Crippen molar-refractivity contribution in [1.82, 2.24) is 10.2 Å². The Morgan fingerprint density at radius 2 is 2.33 bits per heavy atom. The molecule has 1 fully saturated rings. The van der Waals surface area contributed by atoms with Gasteiger partial charge in [-0.3, -0.25) is 0 Å². The number of rotatable bonds is 1. The molecule has 1 heterocycles. The van der Waals surface area contributed by atoms with Crippen molar-refractivity contribution in [3.63, 3.8) is 0 Å². The molecule has 0 aromatic carbocycles. The Balaban J connectivity index is 2.32. The Morgan fingerprint density at radius 3 is 3.08 bits per heavy atom. The fourth-order valence-electron chi connectivity index (χ4n) is 1.21. The van der Waals surface area contributed by atoms with Gasteiger partial charge in [-0.25, -0.2) is 0 Å². The van der Waals surface area contributed by atoms with Crippen molar-refractivity contribution < 1.29 is 0 Å².